The summed E-state index contributed by atoms with van der Waals surface area (Å²) in [4.78, 5) is 6.09. The second-order valence-corrected chi connectivity index (χ2v) is 7.27. The minimum atomic E-state index is 0.482. The van der Waals surface area contributed by atoms with Gasteiger partial charge in [0, 0.05) is 23.9 Å². The van der Waals surface area contributed by atoms with Crippen molar-refractivity contribution >= 4 is 34.5 Å². The molecule has 0 saturated carbocycles. The molecule has 2 rings (SSSR count). The van der Waals surface area contributed by atoms with Crippen LogP contribution in [0.5, 0.6) is 0 Å². The Morgan fingerprint density at radius 3 is 2.62 bits per heavy atom. The van der Waals surface area contributed by atoms with E-state index < -0.39 is 0 Å². The van der Waals surface area contributed by atoms with E-state index in [4.69, 9.17) is 28.2 Å². The number of hydrogen-bond acceptors (Lipinski definition) is 3. The van der Waals surface area contributed by atoms with Gasteiger partial charge in [-0.2, -0.15) is 0 Å². The molecule has 2 nitrogen and oxygen atoms in total. The molecule has 0 bridgehead atoms. The minimum Gasteiger partial charge on any atom is -0.310 e. The number of nitrogens with one attached hydrogen (secondary N) is 1. The number of aryl methyl sites for hydroxylation is 1. The molecule has 0 aliphatic rings. The Labute approximate surface area is 140 Å². The van der Waals surface area contributed by atoms with E-state index in [1.807, 2.05) is 18.2 Å². The van der Waals surface area contributed by atoms with E-state index in [0.717, 1.165) is 30.0 Å². The molecule has 0 amide bonds. The lowest BCUT2D eigenvalue weighted by atomic mass is 10.1. The Bertz CT molecular complexity index is 608. The molecule has 0 unspecified atom stereocenters. The van der Waals surface area contributed by atoms with Crippen molar-refractivity contribution in [2.45, 2.75) is 46.2 Å². The number of aromatic nitrogens is 1. The summed E-state index contributed by atoms with van der Waals surface area (Å²) in [6.07, 6.45) is 1.77. The van der Waals surface area contributed by atoms with Crippen LogP contribution in [-0.4, -0.2) is 11.0 Å². The van der Waals surface area contributed by atoms with Crippen molar-refractivity contribution in [3.63, 3.8) is 0 Å². The van der Waals surface area contributed by atoms with Crippen molar-refractivity contribution in [2.24, 2.45) is 0 Å². The molecule has 2 aromatic rings. The Hall–Kier alpha value is -0.610. The number of hydrogen-bond donors (Lipinski definition) is 1. The third kappa shape index (κ3) is 4.68. The quantitative estimate of drug-likeness (QED) is 0.789. The van der Waals surface area contributed by atoms with E-state index in [0.29, 0.717) is 16.1 Å². The molecule has 0 spiro atoms. The molecule has 1 N–H and O–H groups in total. The predicted molar refractivity (Wildman–Crippen MR) is 92.7 cm³/mol. The van der Waals surface area contributed by atoms with Gasteiger partial charge in [-0.15, -0.1) is 11.3 Å². The van der Waals surface area contributed by atoms with Gasteiger partial charge in [-0.3, -0.25) is 0 Å². The van der Waals surface area contributed by atoms with E-state index in [-0.39, 0.29) is 0 Å². The second-order valence-electron chi connectivity index (χ2n) is 5.29. The topological polar surface area (TPSA) is 24.9 Å². The first kappa shape index (κ1) is 16.8. The highest BCUT2D eigenvalue weighted by atomic mass is 35.5. The molecule has 0 radical (unpaired) electrons. The summed E-state index contributed by atoms with van der Waals surface area (Å²) >= 11 is 13.8. The molecule has 0 atom stereocenters. The third-order valence-corrected chi connectivity index (χ3v) is 5.00. The van der Waals surface area contributed by atoms with Crippen molar-refractivity contribution in [3.05, 3.63) is 49.4 Å². The molecule has 5 heteroatoms. The first-order valence-corrected chi connectivity index (χ1v) is 8.71. The lowest BCUT2D eigenvalue weighted by Crippen LogP contribution is -2.21. The molecule has 1 heterocycles. The van der Waals surface area contributed by atoms with Crippen LogP contribution in [-0.2, 0) is 19.4 Å². The number of nitrogens with zero attached hydrogens (tertiary/aromatic N) is 1. The summed E-state index contributed by atoms with van der Waals surface area (Å²) in [7, 11) is 0. The van der Waals surface area contributed by atoms with Crippen molar-refractivity contribution < 1.29 is 0 Å². The second kappa shape index (κ2) is 7.59. The van der Waals surface area contributed by atoms with Crippen molar-refractivity contribution in [2.75, 3.05) is 0 Å². The maximum Gasteiger partial charge on any atom is 0.0975 e. The molecular weight excluding hydrogens is 323 g/mol. The van der Waals surface area contributed by atoms with Gasteiger partial charge in [0.1, 0.15) is 0 Å². The Balaban J connectivity index is 2.14. The number of benzene rings is 1. The molecule has 0 fully saturated rings. The molecule has 0 aliphatic heterocycles. The summed E-state index contributed by atoms with van der Waals surface area (Å²) in [6.45, 7) is 7.35. The molecule has 114 valence electrons. The van der Waals surface area contributed by atoms with Crippen molar-refractivity contribution in [3.8, 4) is 0 Å². The highest BCUT2D eigenvalue weighted by Crippen LogP contribution is 2.26. The normalized spacial score (nSPS) is 11.3. The van der Waals surface area contributed by atoms with Crippen LogP contribution in [0.3, 0.4) is 0 Å². The Morgan fingerprint density at radius 2 is 2.00 bits per heavy atom. The SMILES string of the molecule is CCc1nc(Cc2ccc(Cl)c(Cl)c2)sc1CNC(C)C. The van der Waals surface area contributed by atoms with Crippen LogP contribution >= 0.6 is 34.5 Å². The summed E-state index contributed by atoms with van der Waals surface area (Å²) < 4.78 is 0. The smallest absolute Gasteiger partial charge is 0.0975 e. The fourth-order valence-electron chi connectivity index (χ4n) is 2.05. The van der Waals surface area contributed by atoms with Crippen LogP contribution in [0, 0.1) is 0 Å². The maximum absolute atomic E-state index is 6.07. The highest BCUT2D eigenvalue weighted by molar-refractivity contribution is 7.11. The van der Waals surface area contributed by atoms with Gasteiger partial charge < -0.3 is 5.32 Å². The monoisotopic (exact) mass is 342 g/mol. The van der Waals surface area contributed by atoms with Gasteiger partial charge in [0.15, 0.2) is 0 Å². The van der Waals surface area contributed by atoms with Crippen LogP contribution < -0.4 is 5.32 Å². The molecule has 1 aromatic heterocycles. The van der Waals surface area contributed by atoms with Crippen molar-refractivity contribution in [1.82, 2.24) is 10.3 Å². The molecule has 21 heavy (non-hydrogen) atoms. The van der Waals surface area contributed by atoms with Gasteiger partial charge in [-0.25, -0.2) is 4.98 Å². The molecule has 0 aliphatic carbocycles. The minimum absolute atomic E-state index is 0.482. The average molecular weight is 343 g/mol. The van der Waals surface area contributed by atoms with Gasteiger partial charge in [0.2, 0.25) is 0 Å². The maximum atomic E-state index is 6.07. The van der Waals surface area contributed by atoms with E-state index >= 15 is 0 Å². The highest BCUT2D eigenvalue weighted by Gasteiger charge is 2.11. The van der Waals surface area contributed by atoms with Gasteiger partial charge >= 0.3 is 0 Å². The largest absolute Gasteiger partial charge is 0.310 e. The Morgan fingerprint density at radius 1 is 1.24 bits per heavy atom. The lowest BCUT2D eigenvalue weighted by molar-refractivity contribution is 0.590. The van der Waals surface area contributed by atoms with Crippen LogP contribution in [0.4, 0.5) is 0 Å². The van der Waals surface area contributed by atoms with Crippen LogP contribution in [0.2, 0.25) is 10.0 Å². The van der Waals surface area contributed by atoms with E-state index in [1.54, 1.807) is 11.3 Å². The fourth-order valence-corrected chi connectivity index (χ4v) is 3.51. The van der Waals surface area contributed by atoms with Crippen LogP contribution in [0.25, 0.3) is 0 Å². The van der Waals surface area contributed by atoms with Crippen LogP contribution in [0.15, 0.2) is 18.2 Å². The third-order valence-electron chi connectivity index (χ3n) is 3.17. The first-order chi connectivity index (χ1) is 9.99. The van der Waals surface area contributed by atoms with Crippen molar-refractivity contribution in [1.29, 1.82) is 0 Å². The average Bonchev–Trinajstić information content (AvgIpc) is 2.82. The van der Waals surface area contributed by atoms with Gasteiger partial charge in [-0.05, 0) is 24.1 Å². The molecular formula is C16H20Cl2N2S. The fraction of sp³-hybridized carbons (Fsp3) is 0.438. The van der Waals surface area contributed by atoms with Gasteiger partial charge in [0.05, 0.1) is 20.7 Å². The predicted octanol–water partition coefficient (Wildman–Crippen LogP) is 5.10. The number of rotatable bonds is 6. The first-order valence-electron chi connectivity index (χ1n) is 7.14. The summed E-state index contributed by atoms with van der Waals surface area (Å²) in [5, 5.41) is 5.79. The number of thiazole rings is 1. The van der Waals surface area contributed by atoms with Gasteiger partial charge in [0.25, 0.3) is 0 Å². The molecule has 1 aromatic carbocycles. The zero-order valence-electron chi connectivity index (χ0n) is 12.5. The molecule has 0 saturated heterocycles. The lowest BCUT2D eigenvalue weighted by Gasteiger charge is -2.06. The van der Waals surface area contributed by atoms with Crippen LogP contribution in [0.1, 0.15) is 41.9 Å². The van der Waals surface area contributed by atoms with E-state index in [1.165, 1.54) is 10.6 Å². The Kier molecular flexibility index (Phi) is 6.06. The summed E-state index contributed by atoms with van der Waals surface area (Å²) in [6, 6.07) is 6.25. The zero-order valence-corrected chi connectivity index (χ0v) is 14.9. The number of halogens is 2. The zero-order chi connectivity index (χ0) is 15.4. The van der Waals surface area contributed by atoms with Gasteiger partial charge in [-0.1, -0.05) is 50.0 Å². The van der Waals surface area contributed by atoms with E-state index in [9.17, 15) is 0 Å². The van der Waals surface area contributed by atoms with E-state index in [2.05, 4.69) is 26.1 Å². The summed E-state index contributed by atoms with van der Waals surface area (Å²) in [5.41, 5.74) is 2.34. The summed E-state index contributed by atoms with van der Waals surface area (Å²) in [5.74, 6) is 0. The standard InChI is InChI=1S/C16H20Cl2N2S/c1-4-14-15(9-19-10(2)3)21-16(20-14)8-11-5-6-12(17)13(18)7-11/h5-7,10,19H,4,8-9H2,1-3H3.